The Morgan fingerprint density at radius 1 is 0.964 bits per heavy atom. The van der Waals surface area contributed by atoms with Gasteiger partial charge in [-0.05, 0) is 29.8 Å². The SMILES string of the molecule is Brc1ccc(-c2csc(=NCc3ccccc3)n2N=Cc2ccccn2)cc1. The zero-order valence-electron chi connectivity index (χ0n) is 14.9. The van der Waals surface area contributed by atoms with Gasteiger partial charge in [0.25, 0.3) is 0 Å². The average Bonchev–Trinajstić information content (AvgIpc) is 3.15. The second-order valence-corrected chi connectivity index (χ2v) is 7.78. The minimum Gasteiger partial charge on any atom is -0.255 e. The molecule has 0 atom stereocenters. The molecule has 28 heavy (non-hydrogen) atoms. The summed E-state index contributed by atoms with van der Waals surface area (Å²) >= 11 is 5.07. The molecule has 4 rings (SSSR count). The predicted molar refractivity (Wildman–Crippen MR) is 118 cm³/mol. The highest BCUT2D eigenvalue weighted by Crippen LogP contribution is 2.22. The van der Waals surface area contributed by atoms with Gasteiger partial charge in [-0.25, -0.2) is 4.68 Å². The highest BCUT2D eigenvalue weighted by Gasteiger charge is 2.07. The molecule has 0 amide bonds. The quantitative estimate of drug-likeness (QED) is 0.379. The van der Waals surface area contributed by atoms with Crippen LogP contribution < -0.4 is 4.80 Å². The minimum absolute atomic E-state index is 0.611. The van der Waals surface area contributed by atoms with E-state index in [-0.39, 0.29) is 0 Å². The van der Waals surface area contributed by atoms with Crippen LogP contribution in [0.5, 0.6) is 0 Å². The predicted octanol–water partition coefficient (Wildman–Crippen LogP) is 5.36. The molecule has 2 heterocycles. The molecule has 0 saturated carbocycles. The molecule has 2 aromatic carbocycles. The van der Waals surface area contributed by atoms with Crippen LogP contribution in [-0.4, -0.2) is 15.9 Å². The van der Waals surface area contributed by atoms with Crippen LogP contribution in [0.25, 0.3) is 11.3 Å². The second kappa shape index (κ2) is 8.91. The van der Waals surface area contributed by atoms with E-state index < -0.39 is 0 Å². The van der Waals surface area contributed by atoms with Crippen LogP contribution in [0.2, 0.25) is 0 Å². The van der Waals surface area contributed by atoms with Crippen molar-refractivity contribution in [2.75, 3.05) is 0 Å². The Balaban J connectivity index is 1.75. The number of halogens is 1. The van der Waals surface area contributed by atoms with Crippen molar-refractivity contribution in [3.63, 3.8) is 0 Å². The minimum atomic E-state index is 0.611. The molecule has 0 aliphatic rings. The highest BCUT2D eigenvalue weighted by atomic mass is 79.9. The molecule has 138 valence electrons. The fourth-order valence-electron chi connectivity index (χ4n) is 2.65. The smallest absolute Gasteiger partial charge is 0.206 e. The average molecular weight is 449 g/mol. The van der Waals surface area contributed by atoms with Crippen molar-refractivity contribution in [1.29, 1.82) is 0 Å². The van der Waals surface area contributed by atoms with Crippen LogP contribution in [0.3, 0.4) is 0 Å². The fourth-order valence-corrected chi connectivity index (χ4v) is 3.75. The Morgan fingerprint density at radius 3 is 2.50 bits per heavy atom. The number of nitrogens with zero attached hydrogens (tertiary/aromatic N) is 4. The van der Waals surface area contributed by atoms with Crippen molar-refractivity contribution in [3.8, 4) is 11.3 Å². The third-order valence-electron chi connectivity index (χ3n) is 4.06. The van der Waals surface area contributed by atoms with Gasteiger partial charge in [-0.1, -0.05) is 64.5 Å². The van der Waals surface area contributed by atoms with E-state index in [1.54, 1.807) is 23.7 Å². The first-order valence-corrected chi connectivity index (χ1v) is 10.4. The molecule has 0 aliphatic heterocycles. The van der Waals surface area contributed by atoms with E-state index in [1.807, 2.05) is 53.2 Å². The lowest BCUT2D eigenvalue weighted by molar-refractivity contribution is 0.823. The van der Waals surface area contributed by atoms with Gasteiger partial charge in [0.05, 0.1) is 24.1 Å². The van der Waals surface area contributed by atoms with E-state index in [0.29, 0.717) is 6.54 Å². The Morgan fingerprint density at radius 2 is 1.75 bits per heavy atom. The third-order valence-corrected chi connectivity index (χ3v) is 5.44. The molecule has 4 aromatic rings. The molecular formula is C22H17BrN4S. The topological polar surface area (TPSA) is 42.5 Å². The zero-order valence-corrected chi connectivity index (χ0v) is 17.3. The maximum absolute atomic E-state index is 4.79. The molecule has 2 aromatic heterocycles. The van der Waals surface area contributed by atoms with Gasteiger partial charge in [0.2, 0.25) is 4.80 Å². The summed E-state index contributed by atoms with van der Waals surface area (Å²) in [4.78, 5) is 9.95. The molecule has 0 aliphatic carbocycles. The van der Waals surface area contributed by atoms with Gasteiger partial charge in [0.1, 0.15) is 0 Å². The number of hydrogen-bond donors (Lipinski definition) is 0. The van der Waals surface area contributed by atoms with Gasteiger partial charge in [-0.3, -0.25) is 9.98 Å². The van der Waals surface area contributed by atoms with Crippen LogP contribution in [0.15, 0.2) is 98.9 Å². The molecule has 0 fully saturated rings. The monoisotopic (exact) mass is 448 g/mol. The zero-order chi connectivity index (χ0) is 19.2. The van der Waals surface area contributed by atoms with Gasteiger partial charge in [0, 0.05) is 21.6 Å². The Labute approximate surface area is 175 Å². The Hall–Kier alpha value is -2.83. The number of hydrogen-bond acceptors (Lipinski definition) is 4. The van der Waals surface area contributed by atoms with Gasteiger partial charge < -0.3 is 0 Å². The van der Waals surface area contributed by atoms with Crippen LogP contribution in [0.4, 0.5) is 0 Å². The van der Waals surface area contributed by atoms with Crippen LogP contribution >= 0.6 is 27.3 Å². The van der Waals surface area contributed by atoms with E-state index in [4.69, 9.17) is 4.99 Å². The lowest BCUT2D eigenvalue weighted by Gasteiger charge is -2.04. The van der Waals surface area contributed by atoms with Gasteiger partial charge in [-0.15, -0.1) is 11.3 Å². The second-order valence-electron chi connectivity index (χ2n) is 6.02. The first-order chi connectivity index (χ1) is 13.8. The summed E-state index contributed by atoms with van der Waals surface area (Å²) in [6.45, 7) is 0.611. The lowest BCUT2D eigenvalue weighted by atomic mass is 10.2. The van der Waals surface area contributed by atoms with E-state index in [1.165, 1.54) is 5.56 Å². The maximum Gasteiger partial charge on any atom is 0.206 e. The number of aromatic nitrogens is 2. The van der Waals surface area contributed by atoms with Crippen molar-refractivity contribution >= 4 is 33.5 Å². The third kappa shape index (κ3) is 4.52. The number of benzene rings is 2. The van der Waals surface area contributed by atoms with E-state index in [2.05, 4.69) is 55.7 Å². The van der Waals surface area contributed by atoms with Crippen LogP contribution in [-0.2, 0) is 6.54 Å². The van der Waals surface area contributed by atoms with Crippen molar-refractivity contribution < 1.29 is 0 Å². The Bertz CT molecular complexity index is 1130. The lowest BCUT2D eigenvalue weighted by Crippen LogP contribution is -2.12. The summed E-state index contributed by atoms with van der Waals surface area (Å²) in [5.41, 5.74) is 4.05. The fraction of sp³-hybridized carbons (Fsp3) is 0.0455. The number of pyridine rings is 1. The van der Waals surface area contributed by atoms with Gasteiger partial charge in [0.15, 0.2) is 0 Å². The van der Waals surface area contributed by atoms with E-state index in [9.17, 15) is 0 Å². The number of rotatable bonds is 5. The maximum atomic E-state index is 4.79. The summed E-state index contributed by atoms with van der Waals surface area (Å²) in [5, 5.41) is 6.77. The molecule has 0 N–H and O–H groups in total. The van der Waals surface area contributed by atoms with Crippen LogP contribution in [0.1, 0.15) is 11.3 Å². The molecule has 0 saturated heterocycles. The van der Waals surface area contributed by atoms with Crippen molar-refractivity contribution in [2.45, 2.75) is 6.54 Å². The molecule has 6 heteroatoms. The normalized spacial score (nSPS) is 12.0. The largest absolute Gasteiger partial charge is 0.255 e. The van der Waals surface area contributed by atoms with Crippen molar-refractivity contribution in [1.82, 2.24) is 9.66 Å². The molecule has 0 bridgehead atoms. The summed E-state index contributed by atoms with van der Waals surface area (Å²) in [5.74, 6) is 0. The molecule has 0 spiro atoms. The van der Waals surface area contributed by atoms with Crippen LogP contribution in [0, 0.1) is 0 Å². The molecule has 0 radical (unpaired) electrons. The summed E-state index contributed by atoms with van der Waals surface area (Å²) in [6, 6.07) is 24.2. The Kier molecular flexibility index (Phi) is 5.89. The molecule has 0 unspecified atom stereocenters. The van der Waals surface area contributed by atoms with E-state index >= 15 is 0 Å². The van der Waals surface area contributed by atoms with Crippen molar-refractivity contribution in [2.24, 2.45) is 10.1 Å². The first kappa shape index (κ1) is 18.5. The number of thiazole rings is 1. The van der Waals surface area contributed by atoms with Gasteiger partial charge >= 0.3 is 0 Å². The summed E-state index contributed by atoms with van der Waals surface area (Å²) in [6.07, 6.45) is 3.52. The molecular weight excluding hydrogens is 432 g/mol. The summed E-state index contributed by atoms with van der Waals surface area (Å²) < 4.78 is 2.93. The van der Waals surface area contributed by atoms with E-state index in [0.717, 1.165) is 26.2 Å². The standard InChI is InChI=1S/C22H17BrN4S/c23-19-11-9-18(10-12-19)21-16-28-22(25-14-17-6-2-1-3-7-17)27(21)26-15-20-8-4-5-13-24-20/h1-13,15-16H,14H2. The highest BCUT2D eigenvalue weighted by molar-refractivity contribution is 9.10. The molecule has 4 nitrogen and oxygen atoms in total. The van der Waals surface area contributed by atoms with Crippen molar-refractivity contribution in [3.05, 3.63) is 105 Å². The summed E-state index contributed by atoms with van der Waals surface area (Å²) in [7, 11) is 0. The van der Waals surface area contributed by atoms with Gasteiger partial charge in [-0.2, -0.15) is 5.10 Å². The first-order valence-electron chi connectivity index (χ1n) is 8.76.